The maximum Gasteiger partial charge on any atom is 0.234 e. The molecule has 28 heavy (non-hydrogen) atoms. The summed E-state index contributed by atoms with van der Waals surface area (Å²) in [5.41, 5.74) is 1.65. The zero-order valence-corrected chi connectivity index (χ0v) is 20.1. The van der Waals surface area contributed by atoms with Gasteiger partial charge in [-0.3, -0.25) is 9.36 Å². The monoisotopic (exact) mass is 584 g/mol. The largest absolute Gasteiger partial charge is 0.323 e. The summed E-state index contributed by atoms with van der Waals surface area (Å²) in [5, 5.41) is 12.1. The summed E-state index contributed by atoms with van der Waals surface area (Å²) in [5.74, 6) is 0.823. The summed E-state index contributed by atoms with van der Waals surface area (Å²) < 4.78 is 4.43. The van der Waals surface area contributed by atoms with Crippen LogP contribution in [-0.2, 0) is 11.3 Å². The molecule has 1 aromatic heterocycles. The average Bonchev–Trinajstić information content (AvgIpc) is 3.07. The van der Waals surface area contributed by atoms with Gasteiger partial charge in [0.15, 0.2) is 11.0 Å². The van der Waals surface area contributed by atoms with Gasteiger partial charge < -0.3 is 5.32 Å². The number of benzene rings is 2. The van der Waals surface area contributed by atoms with E-state index in [-0.39, 0.29) is 11.7 Å². The Kier molecular flexibility index (Phi) is 7.50. The van der Waals surface area contributed by atoms with Crippen molar-refractivity contribution in [2.75, 3.05) is 11.1 Å². The average molecular weight is 587 g/mol. The van der Waals surface area contributed by atoms with Crippen molar-refractivity contribution in [3.63, 3.8) is 0 Å². The molecular formula is C19H15Br3N4OS. The van der Waals surface area contributed by atoms with Crippen molar-refractivity contribution < 1.29 is 4.79 Å². The maximum absolute atomic E-state index is 12.5. The molecule has 1 heterocycles. The number of carbonyl (C=O) groups is 1. The van der Waals surface area contributed by atoms with Crippen LogP contribution in [0.15, 0.2) is 73.7 Å². The third kappa shape index (κ3) is 5.14. The van der Waals surface area contributed by atoms with E-state index < -0.39 is 0 Å². The van der Waals surface area contributed by atoms with Crippen molar-refractivity contribution in [1.82, 2.24) is 14.8 Å². The van der Waals surface area contributed by atoms with E-state index >= 15 is 0 Å². The zero-order valence-electron chi connectivity index (χ0n) is 14.5. The van der Waals surface area contributed by atoms with E-state index in [1.807, 2.05) is 47.0 Å². The van der Waals surface area contributed by atoms with Crippen molar-refractivity contribution >= 4 is 71.1 Å². The maximum atomic E-state index is 12.5. The molecule has 1 amide bonds. The fourth-order valence-electron chi connectivity index (χ4n) is 2.46. The summed E-state index contributed by atoms with van der Waals surface area (Å²) in [6, 6.07) is 13.6. The Hall–Kier alpha value is -1.42. The van der Waals surface area contributed by atoms with Gasteiger partial charge in [-0.1, -0.05) is 64.1 Å². The number of amides is 1. The minimum atomic E-state index is -0.136. The van der Waals surface area contributed by atoms with Crippen LogP contribution in [0.1, 0.15) is 0 Å². The van der Waals surface area contributed by atoms with Gasteiger partial charge in [0, 0.05) is 25.5 Å². The minimum absolute atomic E-state index is 0.136. The Bertz CT molecular complexity index is 985. The molecule has 0 aliphatic heterocycles. The Balaban J connectivity index is 1.73. The van der Waals surface area contributed by atoms with Gasteiger partial charge in [0.25, 0.3) is 0 Å². The van der Waals surface area contributed by atoms with Crippen LogP contribution < -0.4 is 5.32 Å². The number of allylic oxidation sites excluding steroid dienone is 1. The van der Waals surface area contributed by atoms with Crippen LogP contribution in [0.2, 0.25) is 0 Å². The minimum Gasteiger partial charge on any atom is -0.323 e. The fourth-order valence-corrected chi connectivity index (χ4v) is 5.66. The summed E-state index contributed by atoms with van der Waals surface area (Å²) in [7, 11) is 0. The molecule has 0 saturated carbocycles. The molecule has 3 rings (SSSR count). The van der Waals surface area contributed by atoms with E-state index in [1.54, 1.807) is 6.08 Å². The molecule has 0 aliphatic carbocycles. The van der Waals surface area contributed by atoms with E-state index in [2.05, 4.69) is 69.9 Å². The number of rotatable bonds is 7. The Morgan fingerprint density at radius 2 is 1.82 bits per heavy atom. The smallest absolute Gasteiger partial charge is 0.234 e. The predicted molar refractivity (Wildman–Crippen MR) is 125 cm³/mol. The Morgan fingerprint density at radius 1 is 1.14 bits per heavy atom. The third-order valence-electron chi connectivity index (χ3n) is 3.66. The number of halogens is 3. The molecule has 2 aromatic carbocycles. The summed E-state index contributed by atoms with van der Waals surface area (Å²) >= 11 is 11.7. The number of nitrogens with zero attached hydrogens (tertiary/aromatic N) is 3. The standard InChI is InChI=1S/C19H15Br3N4OS/c1-2-8-26-18(12-6-4-3-5-7-12)24-25-19(26)28-11-16(27)23-17-14(21)9-13(20)10-15(17)22/h2-7,9-10H,1,8,11H2,(H,23,27). The van der Waals surface area contributed by atoms with Crippen molar-refractivity contribution in [1.29, 1.82) is 0 Å². The number of anilines is 1. The highest BCUT2D eigenvalue weighted by atomic mass is 79.9. The molecular weight excluding hydrogens is 572 g/mol. The Labute approximate surface area is 192 Å². The first-order chi connectivity index (χ1) is 13.5. The van der Waals surface area contributed by atoms with Crippen LogP contribution in [0.4, 0.5) is 5.69 Å². The van der Waals surface area contributed by atoms with E-state index in [0.29, 0.717) is 17.4 Å². The van der Waals surface area contributed by atoms with Crippen LogP contribution in [0.5, 0.6) is 0 Å². The van der Waals surface area contributed by atoms with Crippen LogP contribution in [0.25, 0.3) is 11.4 Å². The van der Waals surface area contributed by atoms with Crippen molar-refractivity contribution in [3.05, 3.63) is 68.5 Å². The van der Waals surface area contributed by atoms with Gasteiger partial charge in [0.2, 0.25) is 5.91 Å². The molecule has 0 atom stereocenters. The number of aromatic nitrogens is 3. The Morgan fingerprint density at radius 3 is 2.46 bits per heavy atom. The molecule has 5 nitrogen and oxygen atoms in total. The highest BCUT2D eigenvalue weighted by Gasteiger charge is 2.16. The predicted octanol–water partition coefficient (Wildman–Crippen LogP) is 6.15. The van der Waals surface area contributed by atoms with Crippen molar-refractivity contribution in [2.45, 2.75) is 11.7 Å². The first-order valence-electron chi connectivity index (χ1n) is 8.16. The first-order valence-corrected chi connectivity index (χ1v) is 11.5. The van der Waals surface area contributed by atoms with Gasteiger partial charge in [-0.25, -0.2) is 0 Å². The van der Waals surface area contributed by atoms with Gasteiger partial charge >= 0.3 is 0 Å². The summed E-state index contributed by atoms with van der Waals surface area (Å²) in [4.78, 5) is 12.5. The fraction of sp³-hybridized carbons (Fsp3) is 0.105. The summed E-state index contributed by atoms with van der Waals surface area (Å²) in [6.45, 7) is 4.37. The SMILES string of the molecule is C=CCn1c(SCC(=O)Nc2c(Br)cc(Br)cc2Br)nnc1-c1ccccc1. The molecule has 0 bridgehead atoms. The molecule has 0 unspecified atom stereocenters. The van der Waals surface area contributed by atoms with Gasteiger partial charge in [0.1, 0.15) is 0 Å². The zero-order chi connectivity index (χ0) is 20.1. The van der Waals surface area contributed by atoms with E-state index in [1.165, 1.54) is 11.8 Å². The normalized spacial score (nSPS) is 10.7. The van der Waals surface area contributed by atoms with E-state index in [0.717, 1.165) is 24.8 Å². The van der Waals surface area contributed by atoms with E-state index in [9.17, 15) is 4.79 Å². The lowest BCUT2D eigenvalue weighted by atomic mass is 10.2. The van der Waals surface area contributed by atoms with Crippen LogP contribution in [0.3, 0.4) is 0 Å². The number of thioether (sulfide) groups is 1. The molecule has 9 heteroatoms. The molecule has 0 radical (unpaired) electrons. The summed E-state index contributed by atoms with van der Waals surface area (Å²) in [6.07, 6.45) is 1.79. The molecule has 0 spiro atoms. The van der Waals surface area contributed by atoms with Gasteiger partial charge in [-0.15, -0.1) is 16.8 Å². The second-order valence-electron chi connectivity index (χ2n) is 5.65. The van der Waals surface area contributed by atoms with Crippen LogP contribution >= 0.6 is 59.6 Å². The third-order valence-corrected chi connectivity index (χ3v) is 6.34. The highest BCUT2D eigenvalue weighted by Crippen LogP contribution is 2.34. The molecule has 0 fully saturated rings. The topological polar surface area (TPSA) is 59.8 Å². The van der Waals surface area contributed by atoms with Crippen molar-refractivity contribution in [3.8, 4) is 11.4 Å². The number of hydrogen-bond acceptors (Lipinski definition) is 4. The molecule has 144 valence electrons. The highest BCUT2D eigenvalue weighted by molar-refractivity contribution is 9.11. The molecule has 1 N–H and O–H groups in total. The lowest BCUT2D eigenvalue weighted by Gasteiger charge is -2.11. The van der Waals surface area contributed by atoms with E-state index in [4.69, 9.17) is 0 Å². The van der Waals surface area contributed by atoms with Crippen molar-refractivity contribution in [2.24, 2.45) is 0 Å². The van der Waals surface area contributed by atoms with Gasteiger partial charge in [0.05, 0.1) is 11.4 Å². The number of nitrogens with one attached hydrogen (secondary N) is 1. The quantitative estimate of drug-likeness (QED) is 0.266. The van der Waals surface area contributed by atoms with Crippen LogP contribution in [0, 0.1) is 0 Å². The number of hydrogen-bond donors (Lipinski definition) is 1. The number of carbonyl (C=O) groups excluding carboxylic acids is 1. The second kappa shape index (κ2) is 9.87. The second-order valence-corrected chi connectivity index (χ2v) is 9.22. The van der Waals surface area contributed by atoms with Gasteiger partial charge in [-0.05, 0) is 44.0 Å². The molecule has 0 saturated heterocycles. The lowest BCUT2D eigenvalue weighted by molar-refractivity contribution is -0.113. The lowest BCUT2D eigenvalue weighted by Crippen LogP contribution is -2.15. The first kappa shape index (κ1) is 21.3. The van der Waals surface area contributed by atoms with Crippen LogP contribution in [-0.4, -0.2) is 26.4 Å². The molecule has 3 aromatic rings. The molecule has 0 aliphatic rings. The van der Waals surface area contributed by atoms with Gasteiger partial charge in [-0.2, -0.15) is 0 Å².